The van der Waals surface area contributed by atoms with Crippen LogP contribution in [0.4, 0.5) is 0 Å². The molecule has 0 radical (unpaired) electrons. The fraction of sp³-hybridized carbons (Fsp3) is 0.250. The average molecular weight is 473 g/mol. The quantitative estimate of drug-likeness (QED) is 0.365. The van der Waals surface area contributed by atoms with Gasteiger partial charge in [0.15, 0.2) is 17.3 Å². The summed E-state index contributed by atoms with van der Waals surface area (Å²) in [5.74, 6) is -0.224. The Balaban J connectivity index is 1.47. The minimum absolute atomic E-state index is 0.0860. The van der Waals surface area contributed by atoms with Gasteiger partial charge in [0.2, 0.25) is 0 Å². The highest BCUT2D eigenvalue weighted by Gasteiger charge is 2.22. The summed E-state index contributed by atoms with van der Waals surface area (Å²) in [6.45, 7) is 3.47. The molecular formula is C24H24N8O3. The zero-order valence-electron chi connectivity index (χ0n) is 19.6. The maximum atomic E-state index is 11.7. The Hall–Kier alpha value is -4.38. The third kappa shape index (κ3) is 4.28. The number of carboxylic acid groups (broad SMARTS) is 1. The summed E-state index contributed by atoms with van der Waals surface area (Å²) in [6, 6.07) is 13.4. The van der Waals surface area contributed by atoms with Crippen molar-refractivity contribution in [1.29, 1.82) is 0 Å². The molecule has 11 nitrogen and oxygen atoms in total. The van der Waals surface area contributed by atoms with Crippen molar-refractivity contribution in [3.63, 3.8) is 0 Å². The number of fused-ring (bicyclic) bond motifs is 1. The SMILES string of the molecule is CCn1nc(COCc2ccccc2)cc1-c1nc(-c2nc(C(=O)O)cc3c2cnn3C)n(C)n1. The van der Waals surface area contributed by atoms with E-state index >= 15 is 0 Å². The second kappa shape index (κ2) is 9.11. The van der Waals surface area contributed by atoms with Gasteiger partial charge in [-0.2, -0.15) is 10.2 Å². The van der Waals surface area contributed by atoms with E-state index in [0.717, 1.165) is 17.0 Å². The van der Waals surface area contributed by atoms with Crippen LogP contribution in [0.3, 0.4) is 0 Å². The molecule has 0 fully saturated rings. The van der Waals surface area contributed by atoms with E-state index in [1.807, 2.05) is 48.0 Å². The molecule has 178 valence electrons. The first-order chi connectivity index (χ1) is 16.9. The van der Waals surface area contributed by atoms with E-state index in [-0.39, 0.29) is 5.69 Å². The van der Waals surface area contributed by atoms with Gasteiger partial charge < -0.3 is 9.84 Å². The number of rotatable bonds is 8. The highest BCUT2D eigenvalue weighted by atomic mass is 16.5. The molecule has 11 heteroatoms. The molecule has 4 heterocycles. The van der Waals surface area contributed by atoms with Gasteiger partial charge in [-0.1, -0.05) is 30.3 Å². The number of aromatic carboxylic acids is 1. The summed E-state index contributed by atoms with van der Waals surface area (Å²) in [7, 11) is 3.50. The molecule has 0 amide bonds. The van der Waals surface area contributed by atoms with Crippen molar-refractivity contribution in [3.05, 3.63) is 65.6 Å². The molecule has 1 N–H and O–H groups in total. The van der Waals surface area contributed by atoms with Crippen molar-refractivity contribution in [2.45, 2.75) is 26.7 Å². The molecule has 0 spiro atoms. The molecule has 0 bridgehead atoms. The standard InChI is InChI=1S/C24H24N8O3/c1-4-32-20(10-16(28-32)14-35-13-15-8-6-5-7-9-15)22-27-23(31(3)29-22)21-17-12-25-30(2)19(17)11-18(26-21)24(33)34/h5-12H,4,13-14H2,1-3H3,(H,33,34). The highest BCUT2D eigenvalue weighted by molar-refractivity contribution is 5.97. The fourth-order valence-electron chi connectivity index (χ4n) is 3.93. The zero-order valence-corrected chi connectivity index (χ0v) is 19.6. The molecule has 0 aliphatic rings. The number of nitrogens with zero attached hydrogens (tertiary/aromatic N) is 8. The second-order valence-corrected chi connectivity index (χ2v) is 8.06. The van der Waals surface area contributed by atoms with Gasteiger partial charge in [0.1, 0.15) is 11.4 Å². The summed E-state index contributed by atoms with van der Waals surface area (Å²) in [6.07, 6.45) is 1.65. The molecule has 1 aromatic carbocycles. The Bertz CT molecular complexity index is 1520. The van der Waals surface area contributed by atoms with Crippen molar-refractivity contribution < 1.29 is 14.6 Å². The molecule has 35 heavy (non-hydrogen) atoms. The Labute approximate surface area is 200 Å². The third-order valence-corrected chi connectivity index (χ3v) is 5.66. The van der Waals surface area contributed by atoms with E-state index in [0.29, 0.717) is 48.0 Å². The first kappa shape index (κ1) is 22.4. The number of hydrogen-bond acceptors (Lipinski definition) is 7. The molecule has 5 rings (SSSR count). The van der Waals surface area contributed by atoms with E-state index in [4.69, 9.17) is 9.72 Å². The Morgan fingerprint density at radius 3 is 2.57 bits per heavy atom. The van der Waals surface area contributed by atoms with Crippen molar-refractivity contribution >= 4 is 16.9 Å². The smallest absolute Gasteiger partial charge is 0.354 e. The molecule has 0 aliphatic heterocycles. The maximum absolute atomic E-state index is 11.7. The van der Waals surface area contributed by atoms with Crippen LogP contribution in [0.1, 0.15) is 28.7 Å². The van der Waals surface area contributed by atoms with E-state index in [9.17, 15) is 9.90 Å². The number of pyridine rings is 1. The van der Waals surface area contributed by atoms with Gasteiger partial charge in [-0.15, -0.1) is 5.10 Å². The van der Waals surface area contributed by atoms with E-state index in [1.54, 1.807) is 29.7 Å². The first-order valence-electron chi connectivity index (χ1n) is 11.1. The minimum Gasteiger partial charge on any atom is -0.477 e. The fourth-order valence-corrected chi connectivity index (χ4v) is 3.93. The summed E-state index contributed by atoms with van der Waals surface area (Å²) >= 11 is 0. The van der Waals surface area contributed by atoms with Crippen LogP contribution in [-0.4, -0.2) is 50.4 Å². The molecule has 0 saturated carbocycles. The van der Waals surface area contributed by atoms with Crippen LogP contribution in [-0.2, 0) is 38.6 Å². The lowest BCUT2D eigenvalue weighted by Gasteiger charge is -2.04. The molecular weight excluding hydrogens is 448 g/mol. The number of hydrogen-bond donors (Lipinski definition) is 1. The molecule has 0 aliphatic carbocycles. The molecule has 0 unspecified atom stereocenters. The van der Waals surface area contributed by atoms with Crippen LogP contribution < -0.4 is 0 Å². The minimum atomic E-state index is -1.12. The number of benzene rings is 1. The van der Waals surface area contributed by atoms with Crippen LogP contribution in [0.15, 0.2) is 48.7 Å². The van der Waals surface area contributed by atoms with E-state index in [1.165, 1.54) is 6.07 Å². The summed E-state index contributed by atoms with van der Waals surface area (Å²) in [5, 5.41) is 23.7. The van der Waals surface area contributed by atoms with Gasteiger partial charge in [0.25, 0.3) is 0 Å². The summed E-state index contributed by atoms with van der Waals surface area (Å²) in [4.78, 5) is 20.7. The summed E-state index contributed by atoms with van der Waals surface area (Å²) in [5.41, 5.74) is 3.57. The van der Waals surface area contributed by atoms with Crippen molar-refractivity contribution in [2.75, 3.05) is 0 Å². The Morgan fingerprint density at radius 2 is 1.83 bits per heavy atom. The van der Waals surface area contributed by atoms with Gasteiger partial charge in [-0.3, -0.25) is 9.36 Å². The Morgan fingerprint density at radius 1 is 1.03 bits per heavy atom. The van der Waals surface area contributed by atoms with Crippen molar-refractivity contribution in [1.82, 2.24) is 39.3 Å². The lowest BCUT2D eigenvalue weighted by Crippen LogP contribution is -2.05. The van der Waals surface area contributed by atoms with E-state index in [2.05, 4.69) is 20.3 Å². The normalized spacial score (nSPS) is 11.4. The highest BCUT2D eigenvalue weighted by Crippen LogP contribution is 2.28. The monoisotopic (exact) mass is 472 g/mol. The number of carbonyl (C=O) groups is 1. The maximum Gasteiger partial charge on any atom is 0.354 e. The molecule has 4 aromatic heterocycles. The number of aryl methyl sites for hydroxylation is 3. The topological polar surface area (TPSA) is 126 Å². The van der Waals surface area contributed by atoms with E-state index < -0.39 is 5.97 Å². The summed E-state index contributed by atoms with van der Waals surface area (Å²) < 4.78 is 10.9. The van der Waals surface area contributed by atoms with Crippen LogP contribution in [0.5, 0.6) is 0 Å². The zero-order chi connectivity index (χ0) is 24.5. The van der Waals surface area contributed by atoms with Crippen LogP contribution in [0, 0.1) is 0 Å². The predicted molar refractivity (Wildman–Crippen MR) is 127 cm³/mol. The average Bonchev–Trinajstić information content (AvgIpc) is 3.56. The number of aromatic nitrogens is 8. The van der Waals surface area contributed by atoms with Gasteiger partial charge in [0.05, 0.1) is 30.6 Å². The largest absolute Gasteiger partial charge is 0.477 e. The first-order valence-corrected chi connectivity index (χ1v) is 11.1. The van der Waals surface area contributed by atoms with Crippen molar-refractivity contribution in [3.8, 4) is 23.0 Å². The molecule has 5 aromatic rings. The number of ether oxygens (including phenoxy) is 1. The Kier molecular flexibility index (Phi) is 5.83. The lowest BCUT2D eigenvalue weighted by molar-refractivity contribution is 0.0691. The molecule has 0 atom stereocenters. The van der Waals surface area contributed by atoms with Crippen LogP contribution in [0.2, 0.25) is 0 Å². The van der Waals surface area contributed by atoms with Gasteiger partial charge >= 0.3 is 5.97 Å². The van der Waals surface area contributed by atoms with Crippen LogP contribution in [0.25, 0.3) is 33.9 Å². The van der Waals surface area contributed by atoms with Crippen molar-refractivity contribution in [2.24, 2.45) is 14.1 Å². The number of carboxylic acids is 1. The lowest BCUT2D eigenvalue weighted by atomic mass is 10.2. The predicted octanol–water partition coefficient (Wildman–Crippen LogP) is 3.06. The van der Waals surface area contributed by atoms with Gasteiger partial charge in [-0.25, -0.2) is 19.4 Å². The third-order valence-electron chi connectivity index (χ3n) is 5.66. The second-order valence-electron chi connectivity index (χ2n) is 8.06. The molecule has 0 saturated heterocycles. The van der Waals surface area contributed by atoms with Gasteiger partial charge in [-0.05, 0) is 24.6 Å². The van der Waals surface area contributed by atoms with Crippen LogP contribution >= 0.6 is 0 Å². The van der Waals surface area contributed by atoms with Gasteiger partial charge in [0, 0.05) is 26.0 Å².